The van der Waals surface area contributed by atoms with Crippen LogP contribution in [0.4, 0.5) is 0 Å². The molecule has 0 unspecified atom stereocenters. The van der Waals surface area contributed by atoms with Crippen LogP contribution in [0.2, 0.25) is 0 Å². The highest BCUT2D eigenvalue weighted by Gasteiger charge is 2.11. The van der Waals surface area contributed by atoms with Gasteiger partial charge >= 0.3 is 0 Å². The lowest BCUT2D eigenvalue weighted by atomic mass is 10.0. The lowest BCUT2D eigenvalue weighted by Gasteiger charge is -2.12. The highest BCUT2D eigenvalue weighted by atomic mass is 16.1. The van der Waals surface area contributed by atoms with Crippen molar-refractivity contribution in [1.29, 1.82) is 0 Å². The van der Waals surface area contributed by atoms with E-state index in [1.54, 1.807) is 10.8 Å². The fourth-order valence-corrected chi connectivity index (χ4v) is 3.13. The van der Waals surface area contributed by atoms with Crippen LogP contribution in [0.25, 0.3) is 22.2 Å². The van der Waals surface area contributed by atoms with Crippen LogP contribution in [0.5, 0.6) is 0 Å². The number of fused-ring (bicyclic) bond motifs is 1. The van der Waals surface area contributed by atoms with E-state index in [0.29, 0.717) is 6.54 Å². The first-order valence-corrected chi connectivity index (χ1v) is 8.93. The molecule has 2 aromatic heterocycles. The average molecular weight is 332 g/mol. The van der Waals surface area contributed by atoms with E-state index in [-0.39, 0.29) is 5.56 Å². The summed E-state index contributed by atoms with van der Waals surface area (Å²) in [6.07, 6.45) is 8.84. The number of nitrogens with zero attached hydrogens (tertiary/aromatic N) is 2. The van der Waals surface area contributed by atoms with E-state index in [0.717, 1.165) is 41.4 Å². The minimum atomic E-state index is 0.0268. The second-order valence-electron chi connectivity index (χ2n) is 6.24. The van der Waals surface area contributed by atoms with Crippen molar-refractivity contribution >= 4 is 11.0 Å². The van der Waals surface area contributed by atoms with Gasteiger partial charge in [0.2, 0.25) is 0 Å². The highest BCUT2D eigenvalue weighted by Crippen LogP contribution is 2.21. The molecule has 1 aromatic carbocycles. The lowest BCUT2D eigenvalue weighted by molar-refractivity contribution is 0.702. The maximum atomic E-state index is 13.1. The van der Waals surface area contributed by atoms with Gasteiger partial charge in [-0.3, -0.25) is 9.36 Å². The second kappa shape index (κ2) is 7.93. The molecule has 0 spiro atoms. The number of allylic oxidation sites excluding steroid dienone is 2. The summed E-state index contributed by atoms with van der Waals surface area (Å²) in [4.78, 5) is 17.5. The predicted octanol–water partition coefficient (Wildman–Crippen LogP) is 4.98. The molecule has 0 aliphatic rings. The molecular formula is C22H24N2O. The fourth-order valence-electron chi connectivity index (χ4n) is 3.13. The Balaban J connectivity index is 2.11. The summed E-state index contributed by atoms with van der Waals surface area (Å²) in [5.41, 5.74) is 3.80. The summed E-state index contributed by atoms with van der Waals surface area (Å²) in [5.74, 6) is 0. The van der Waals surface area contributed by atoms with Crippen LogP contribution >= 0.6 is 0 Å². The molecule has 3 rings (SSSR count). The van der Waals surface area contributed by atoms with Gasteiger partial charge in [-0.2, -0.15) is 0 Å². The zero-order chi connectivity index (χ0) is 17.6. The van der Waals surface area contributed by atoms with Crippen molar-refractivity contribution in [2.75, 3.05) is 0 Å². The monoisotopic (exact) mass is 332 g/mol. The van der Waals surface area contributed by atoms with E-state index < -0.39 is 0 Å². The first kappa shape index (κ1) is 17.2. The largest absolute Gasteiger partial charge is 0.292 e. The Labute approximate surface area is 148 Å². The molecule has 0 aliphatic heterocycles. The molecule has 0 aliphatic carbocycles. The molecule has 0 atom stereocenters. The normalized spacial score (nSPS) is 11.4. The smallest absolute Gasteiger partial charge is 0.260 e. The summed E-state index contributed by atoms with van der Waals surface area (Å²) >= 11 is 0. The van der Waals surface area contributed by atoms with E-state index in [9.17, 15) is 4.79 Å². The van der Waals surface area contributed by atoms with Crippen molar-refractivity contribution in [1.82, 2.24) is 9.55 Å². The third kappa shape index (κ3) is 3.71. The second-order valence-corrected chi connectivity index (χ2v) is 6.24. The third-order valence-electron chi connectivity index (χ3n) is 4.41. The molecule has 0 radical (unpaired) electrons. The zero-order valence-electron chi connectivity index (χ0n) is 14.9. The third-order valence-corrected chi connectivity index (χ3v) is 4.41. The Hall–Kier alpha value is -2.68. The lowest BCUT2D eigenvalue weighted by Crippen LogP contribution is -2.22. The molecule has 2 heterocycles. The standard InChI is InChI=1S/C22H24N2O/c1-3-5-6-15-24-21-19(9-7-14-23-21)16-20(22(24)25)18-12-10-17(8-4-2)11-13-18/h3,5,7,9-14,16H,4,6,8,15H2,1-2H3. The Bertz CT molecular complexity index is 936. The van der Waals surface area contributed by atoms with Gasteiger partial charge in [0.15, 0.2) is 0 Å². The van der Waals surface area contributed by atoms with E-state index in [2.05, 4.69) is 42.2 Å². The molecule has 0 bridgehead atoms. The van der Waals surface area contributed by atoms with Gasteiger partial charge in [-0.25, -0.2) is 4.98 Å². The molecule has 0 N–H and O–H groups in total. The molecular weight excluding hydrogens is 308 g/mol. The first-order chi connectivity index (χ1) is 12.2. The van der Waals surface area contributed by atoms with Crippen LogP contribution in [0.1, 0.15) is 32.3 Å². The van der Waals surface area contributed by atoms with Gasteiger partial charge in [-0.1, -0.05) is 49.8 Å². The SMILES string of the molecule is CC=CCCn1c(=O)c(-c2ccc(CCC)cc2)cc2cccnc21. The number of hydrogen-bond donors (Lipinski definition) is 0. The van der Waals surface area contributed by atoms with Crippen molar-refractivity contribution in [3.8, 4) is 11.1 Å². The summed E-state index contributed by atoms with van der Waals surface area (Å²) in [6.45, 7) is 4.81. The molecule has 25 heavy (non-hydrogen) atoms. The minimum absolute atomic E-state index is 0.0268. The highest BCUT2D eigenvalue weighted by molar-refractivity contribution is 5.81. The van der Waals surface area contributed by atoms with Crippen LogP contribution in [0, 0.1) is 0 Å². The predicted molar refractivity (Wildman–Crippen MR) is 105 cm³/mol. The van der Waals surface area contributed by atoms with Crippen molar-refractivity contribution in [2.45, 2.75) is 39.7 Å². The average Bonchev–Trinajstić information content (AvgIpc) is 2.64. The van der Waals surface area contributed by atoms with Crippen LogP contribution < -0.4 is 5.56 Å². The van der Waals surface area contributed by atoms with E-state index >= 15 is 0 Å². The van der Waals surface area contributed by atoms with Gasteiger partial charge in [-0.15, -0.1) is 0 Å². The van der Waals surface area contributed by atoms with Gasteiger partial charge in [0.25, 0.3) is 5.56 Å². The first-order valence-electron chi connectivity index (χ1n) is 8.93. The van der Waals surface area contributed by atoms with Crippen molar-refractivity contribution in [3.05, 3.63) is 76.7 Å². The van der Waals surface area contributed by atoms with E-state index in [1.807, 2.05) is 31.2 Å². The van der Waals surface area contributed by atoms with Crippen molar-refractivity contribution in [3.63, 3.8) is 0 Å². The summed E-state index contributed by atoms with van der Waals surface area (Å²) in [7, 11) is 0. The fraction of sp³-hybridized carbons (Fsp3) is 0.273. The zero-order valence-corrected chi connectivity index (χ0v) is 14.9. The Kier molecular flexibility index (Phi) is 5.44. The van der Waals surface area contributed by atoms with E-state index in [4.69, 9.17) is 0 Å². The van der Waals surface area contributed by atoms with Gasteiger partial charge in [-0.05, 0) is 49.1 Å². The van der Waals surface area contributed by atoms with Crippen LogP contribution in [0.3, 0.4) is 0 Å². The number of benzene rings is 1. The molecule has 0 amide bonds. The van der Waals surface area contributed by atoms with Gasteiger partial charge in [0, 0.05) is 23.7 Å². The van der Waals surface area contributed by atoms with Crippen molar-refractivity contribution in [2.24, 2.45) is 0 Å². The Morgan fingerprint density at radius 2 is 1.96 bits per heavy atom. The molecule has 3 aromatic rings. The van der Waals surface area contributed by atoms with Crippen LogP contribution in [-0.2, 0) is 13.0 Å². The molecule has 3 heteroatoms. The molecule has 3 nitrogen and oxygen atoms in total. The molecule has 128 valence electrons. The summed E-state index contributed by atoms with van der Waals surface area (Å²) < 4.78 is 1.80. The van der Waals surface area contributed by atoms with Crippen LogP contribution in [-0.4, -0.2) is 9.55 Å². The summed E-state index contributed by atoms with van der Waals surface area (Å²) in [6, 6.07) is 14.2. The number of pyridine rings is 2. The molecule has 0 fully saturated rings. The Morgan fingerprint density at radius 1 is 1.16 bits per heavy atom. The maximum Gasteiger partial charge on any atom is 0.260 e. The number of hydrogen-bond acceptors (Lipinski definition) is 2. The number of rotatable bonds is 6. The Morgan fingerprint density at radius 3 is 2.68 bits per heavy atom. The summed E-state index contributed by atoms with van der Waals surface area (Å²) in [5, 5.41) is 0.996. The molecule has 0 saturated carbocycles. The van der Waals surface area contributed by atoms with Gasteiger partial charge in [0.1, 0.15) is 5.65 Å². The minimum Gasteiger partial charge on any atom is -0.292 e. The number of aryl methyl sites for hydroxylation is 2. The van der Waals surface area contributed by atoms with Crippen molar-refractivity contribution < 1.29 is 0 Å². The number of aromatic nitrogens is 2. The van der Waals surface area contributed by atoms with E-state index in [1.165, 1.54) is 5.56 Å². The quantitative estimate of drug-likeness (QED) is 0.597. The van der Waals surface area contributed by atoms with Crippen LogP contribution in [0.15, 0.2) is 65.6 Å². The van der Waals surface area contributed by atoms with Gasteiger partial charge in [0.05, 0.1) is 0 Å². The maximum absolute atomic E-state index is 13.1. The van der Waals surface area contributed by atoms with Gasteiger partial charge < -0.3 is 0 Å². The topological polar surface area (TPSA) is 34.9 Å². The molecule has 0 saturated heterocycles.